The normalized spacial score (nSPS) is 11.2. The van der Waals surface area contributed by atoms with E-state index < -0.39 is 15.8 Å². The Morgan fingerprint density at radius 3 is 2.45 bits per heavy atom. The minimum absolute atomic E-state index is 0.0388. The Morgan fingerprint density at radius 2 is 1.80 bits per heavy atom. The molecule has 2 rings (SSSR count). The summed E-state index contributed by atoms with van der Waals surface area (Å²) in [5, 5.41) is 2.97. The Bertz CT molecular complexity index is 735. The maximum Gasteiger partial charge on any atom is 0.264 e. The number of hydrogen-bond donors (Lipinski definition) is 2. The van der Waals surface area contributed by atoms with E-state index in [-0.39, 0.29) is 15.6 Å². The smallest absolute Gasteiger partial charge is 0.264 e. The van der Waals surface area contributed by atoms with Gasteiger partial charge in [-0.15, -0.1) is 0 Å². The van der Waals surface area contributed by atoms with Gasteiger partial charge in [0.25, 0.3) is 10.0 Å². The fourth-order valence-electron chi connectivity index (χ4n) is 1.68. The summed E-state index contributed by atoms with van der Waals surface area (Å²) in [7, 11) is -2.28. The van der Waals surface area contributed by atoms with Crippen LogP contribution in [0, 0.1) is 5.82 Å². The molecule has 0 aliphatic heterocycles. The van der Waals surface area contributed by atoms with Crippen LogP contribution in [-0.2, 0) is 10.0 Å². The molecule has 0 aliphatic carbocycles. The van der Waals surface area contributed by atoms with Crippen molar-refractivity contribution in [1.29, 1.82) is 0 Å². The highest BCUT2D eigenvalue weighted by Gasteiger charge is 2.19. The van der Waals surface area contributed by atoms with E-state index >= 15 is 0 Å². The lowest BCUT2D eigenvalue weighted by Gasteiger charge is -2.12. The van der Waals surface area contributed by atoms with Gasteiger partial charge in [0.05, 0.1) is 11.4 Å². The number of rotatable bonds is 4. The Morgan fingerprint density at radius 1 is 1.10 bits per heavy atom. The molecule has 0 atom stereocenters. The lowest BCUT2D eigenvalue weighted by atomic mass is 10.3. The van der Waals surface area contributed by atoms with Gasteiger partial charge < -0.3 is 5.32 Å². The van der Waals surface area contributed by atoms with Crippen LogP contribution in [0.1, 0.15) is 0 Å². The van der Waals surface area contributed by atoms with Gasteiger partial charge in [0.15, 0.2) is 0 Å². The van der Waals surface area contributed by atoms with Crippen LogP contribution in [0.2, 0.25) is 5.02 Å². The van der Waals surface area contributed by atoms with Crippen molar-refractivity contribution in [2.75, 3.05) is 17.1 Å². The van der Waals surface area contributed by atoms with Crippen molar-refractivity contribution in [3.63, 3.8) is 0 Å². The molecule has 106 valence electrons. The highest BCUT2D eigenvalue weighted by Crippen LogP contribution is 2.25. The van der Waals surface area contributed by atoms with Crippen LogP contribution < -0.4 is 10.0 Å². The lowest BCUT2D eigenvalue weighted by Crippen LogP contribution is -2.15. The second-order valence-electron chi connectivity index (χ2n) is 3.98. The van der Waals surface area contributed by atoms with Crippen molar-refractivity contribution in [1.82, 2.24) is 0 Å². The van der Waals surface area contributed by atoms with E-state index in [2.05, 4.69) is 10.0 Å². The van der Waals surface area contributed by atoms with Crippen LogP contribution in [0.4, 0.5) is 15.8 Å². The van der Waals surface area contributed by atoms with Gasteiger partial charge in [0.1, 0.15) is 10.7 Å². The molecule has 2 aromatic carbocycles. The molecule has 0 saturated heterocycles. The third kappa shape index (κ3) is 3.02. The van der Waals surface area contributed by atoms with Crippen molar-refractivity contribution < 1.29 is 12.8 Å². The summed E-state index contributed by atoms with van der Waals surface area (Å²) in [5.74, 6) is -0.733. The lowest BCUT2D eigenvalue weighted by molar-refractivity contribution is 0.599. The average molecular weight is 315 g/mol. The van der Waals surface area contributed by atoms with E-state index in [1.54, 1.807) is 25.2 Å². The van der Waals surface area contributed by atoms with Gasteiger partial charge in [-0.2, -0.15) is 0 Å². The topological polar surface area (TPSA) is 58.2 Å². The van der Waals surface area contributed by atoms with Gasteiger partial charge in [-0.05, 0) is 30.3 Å². The number of halogens is 2. The summed E-state index contributed by atoms with van der Waals surface area (Å²) in [6.45, 7) is 0. The van der Waals surface area contributed by atoms with Crippen LogP contribution in [0.15, 0.2) is 47.4 Å². The van der Waals surface area contributed by atoms with Gasteiger partial charge in [0.2, 0.25) is 0 Å². The van der Waals surface area contributed by atoms with E-state index in [0.29, 0.717) is 5.69 Å². The van der Waals surface area contributed by atoms with Crippen LogP contribution in [0.3, 0.4) is 0 Å². The van der Waals surface area contributed by atoms with Crippen molar-refractivity contribution in [3.05, 3.63) is 53.3 Å². The summed E-state index contributed by atoms with van der Waals surface area (Å²) >= 11 is 5.63. The zero-order valence-electron chi connectivity index (χ0n) is 10.5. The van der Waals surface area contributed by atoms with Crippen molar-refractivity contribution in [2.45, 2.75) is 4.90 Å². The summed E-state index contributed by atoms with van der Waals surface area (Å²) in [5.41, 5.74) is 0.273. The van der Waals surface area contributed by atoms with Gasteiger partial charge in [-0.1, -0.05) is 23.7 Å². The molecule has 0 unspecified atom stereocenters. The van der Waals surface area contributed by atoms with E-state index in [0.717, 1.165) is 6.07 Å². The number of anilines is 2. The Kier molecular flexibility index (Phi) is 4.15. The van der Waals surface area contributed by atoms with E-state index in [9.17, 15) is 12.8 Å². The molecular formula is C13H12ClFN2O2S. The molecule has 7 heteroatoms. The summed E-state index contributed by atoms with van der Waals surface area (Å²) in [6.07, 6.45) is 0. The zero-order valence-corrected chi connectivity index (χ0v) is 12.1. The predicted octanol–water partition coefficient (Wildman–Crippen LogP) is 3.32. The summed E-state index contributed by atoms with van der Waals surface area (Å²) in [6, 6.07) is 10.1. The number of sulfonamides is 1. The Balaban J connectivity index is 2.41. The van der Waals surface area contributed by atoms with Crippen molar-refractivity contribution >= 4 is 33.0 Å². The second kappa shape index (κ2) is 5.68. The highest BCUT2D eigenvalue weighted by molar-refractivity contribution is 7.92. The van der Waals surface area contributed by atoms with Gasteiger partial charge >= 0.3 is 0 Å². The first-order chi connectivity index (χ1) is 9.44. The molecule has 20 heavy (non-hydrogen) atoms. The monoisotopic (exact) mass is 314 g/mol. The molecule has 0 radical (unpaired) electrons. The van der Waals surface area contributed by atoms with E-state index in [4.69, 9.17) is 11.6 Å². The van der Waals surface area contributed by atoms with Crippen molar-refractivity contribution in [3.8, 4) is 0 Å². The number of nitrogens with one attached hydrogen (secondary N) is 2. The predicted molar refractivity (Wildman–Crippen MR) is 78.2 cm³/mol. The highest BCUT2D eigenvalue weighted by atomic mass is 35.5. The SMILES string of the molecule is CNc1ccccc1S(=O)(=O)Nc1ccc(Cl)cc1F. The van der Waals surface area contributed by atoms with Crippen molar-refractivity contribution in [2.24, 2.45) is 0 Å². The third-order valence-electron chi connectivity index (χ3n) is 2.62. The molecule has 0 heterocycles. The second-order valence-corrected chi connectivity index (χ2v) is 6.06. The molecule has 2 N–H and O–H groups in total. The molecule has 2 aromatic rings. The van der Waals surface area contributed by atoms with E-state index in [1.165, 1.54) is 18.2 Å². The summed E-state index contributed by atoms with van der Waals surface area (Å²) < 4.78 is 40.4. The van der Waals surface area contributed by atoms with Crippen LogP contribution in [0.25, 0.3) is 0 Å². The van der Waals surface area contributed by atoms with E-state index in [1.807, 2.05) is 0 Å². The fourth-order valence-corrected chi connectivity index (χ4v) is 3.12. The first-order valence-electron chi connectivity index (χ1n) is 5.68. The maximum absolute atomic E-state index is 13.7. The maximum atomic E-state index is 13.7. The quantitative estimate of drug-likeness (QED) is 0.910. The largest absolute Gasteiger partial charge is 0.387 e. The minimum Gasteiger partial charge on any atom is -0.387 e. The molecule has 0 amide bonds. The fraction of sp³-hybridized carbons (Fsp3) is 0.0769. The first-order valence-corrected chi connectivity index (χ1v) is 7.55. The summed E-state index contributed by atoms with van der Waals surface area (Å²) in [4.78, 5) is 0.0388. The first kappa shape index (κ1) is 14.6. The number of para-hydroxylation sites is 1. The average Bonchev–Trinajstić information content (AvgIpc) is 2.42. The van der Waals surface area contributed by atoms with Crippen LogP contribution in [-0.4, -0.2) is 15.5 Å². The molecule has 0 spiro atoms. The van der Waals surface area contributed by atoms with Crippen LogP contribution in [0.5, 0.6) is 0 Å². The van der Waals surface area contributed by atoms with Gasteiger partial charge in [-0.25, -0.2) is 12.8 Å². The number of benzene rings is 2. The molecule has 0 bridgehead atoms. The number of hydrogen-bond acceptors (Lipinski definition) is 3. The minimum atomic E-state index is -3.89. The molecular weight excluding hydrogens is 303 g/mol. The van der Waals surface area contributed by atoms with Gasteiger partial charge in [-0.3, -0.25) is 4.72 Å². The molecule has 0 fully saturated rings. The Labute approximate surface area is 121 Å². The molecule has 4 nitrogen and oxygen atoms in total. The Hall–Kier alpha value is -1.79. The zero-order chi connectivity index (χ0) is 14.8. The van der Waals surface area contributed by atoms with Crippen LogP contribution >= 0.6 is 11.6 Å². The standard InChI is InChI=1S/C13H12ClFN2O2S/c1-16-12-4-2-3-5-13(12)20(18,19)17-11-7-6-9(14)8-10(11)15/h2-8,16-17H,1H3. The molecule has 0 aromatic heterocycles. The third-order valence-corrected chi connectivity index (χ3v) is 4.28. The molecule has 0 aliphatic rings. The molecule has 0 saturated carbocycles. The van der Waals surface area contributed by atoms with Gasteiger partial charge in [0, 0.05) is 12.1 Å².